The number of ether oxygens (including phenoxy) is 1. The number of hydrogen-bond acceptors (Lipinski definition) is 3. The third kappa shape index (κ3) is 4.16. The molecule has 2 aromatic rings. The average molecular weight is 431 g/mol. The van der Waals surface area contributed by atoms with Gasteiger partial charge in [-0.05, 0) is 36.2 Å². The fourth-order valence-corrected chi connectivity index (χ4v) is 3.95. The van der Waals surface area contributed by atoms with Crippen LogP contribution in [0.5, 0.6) is 0 Å². The van der Waals surface area contributed by atoms with Gasteiger partial charge in [-0.3, -0.25) is 4.79 Å². The predicted octanol–water partition coefficient (Wildman–Crippen LogP) is 4.81. The second kappa shape index (κ2) is 8.13. The Balaban J connectivity index is 1.81. The molecule has 3 rings (SSSR count). The number of alkyl carbamates (subject to hydrolysis) is 1. The van der Waals surface area contributed by atoms with Gasteiger partial charge in [-0.15, -0.1) is 0 Å². The van der Waals surface area contributed by atoms with Gasteiger partial charge in [-0.25, -0.2) is 4.79 Å². The Morgan fingerprint density at radius 3 is 2.52 bits per heavy atom. The highest BCUT2D eigenvalue weighted by Gasteiger charge is 2.39. The van der Waals surface area contributed by atoms with Crippen LogP contribution in [0.25, 0.3) is 0 Å². The maximum absolute atomic E-state index is 12.4. The maximum Gasteiger partial charge on any atom is 0.407 e. The fraction of sp³-hybridized carbons (Fsp3) is 0.333. The van der Waals surface area contributed by atoms with Crippen molar-refractivity contribution in [1.29, 1.82) is 0 Å². The van der Waals surface area contributed by atoms with Gasteiger partial charge in [0.1, 0.15) is 6.61 Å². The lowest BCUT2D eigenvalue weighted by molar-refractivity contribution is -0.117. The number of carbonyl (C=O) groups excluding carboxylic acids is 2. The van der Waals surface area contributed by atoms with Crippen molar-refractivity contribution in [2.45, 2.75) is 39.5 Å². The molecule has 5 nitrogen and oxygen atoms in total. The van der Waals surface area contributed by atoms with E-state index in [9.17, 15) is 9.59 Å². The van der Waals surface area contributed by atoms with Crippen molar-refractivity contribution in [2.24, 2.45) is 5.92 Å². The summed E-state index contributed by atoms with van der Waals surface area (Å²) in [5, 5.41) is 2.99. The van der Waals surface area contributed by atoms with Gasteiger partial charge in [0.05, 0.1) is 6.04 Å². The molecule has 0 spiro atoms. The van der Waals surface area contributed by atoms with E-state index in [1.165, 1.54) is 0 Å². The van der Waals surface area contributed by atoms with Crippen LogP contribution in [0.15, 0.2) is 53.0 Å². The van der Waals surface area contributed by atoms with Crippen molar-refractivity contribution in [3.8, 4) is 0 Å². The molecule has 6 heteroatoms. The Morgan fingerprint density at radius 1 is 1.15 bits per heavy atom. The molecule has 1 aliphatic heterocycles. The predicted molar refractivity (Wildman–Crippen MR) is 108 cm³/mol. The van der Waals surface area contributed by atoms with Gasteiger partial charge in [-0.1, -0.05) is 53.2 Å². The van der Waals surface area contributed by atoms with E-state index in [2.05, 4.69) is 21.2 Å². The summed E-state index contributed by atoms with van der Waals surface area (Å²) in [5.74, 6) is 0.0167. The van der Waals surface area contributed by atoms with E-state index in [1.54, 1.807) is 11.8 Å². The van der Waals surface area contributed by atoms with E-state index in [-0.39, 0.29) is 30.5 Å². The topological polar surface area (TPSA) is 58.6 Å². The van der Waals surface area contributed by atoms with Crippen LogP contribution < -0.4 is 10.2 Å². The Hall–Kier alpha value is -2.34. The number of rotatable bonds is 3. The SMILES string of the molecule is CC(=O)N1c2ccc(Br)cc2[C@@H](NC(=O)OCc2ccccc2)[C@H](C)[C@@H]1C. The van der Waals surface area contributed by atoms with Crippen LogP contribution in [0.2, 0.25) is 0 Å². The molecule has 0 bridgehead atoms. The molecule has 2 amide bonds. The summed E-state index contributed by atoms with van der Waals surface area (Å²) in [6.07, 6.45) is -0.467. The standard InChI is InChI=1S/C21H23BrN2O3/c1-13-14(2)24(15(3)25)19-10-9-17(22)11-18(19)20(13)23-21(26)27-12-16-7-5-4-6-8-16/h4-11,13-14,20H,12H2,1-3H3,(H,23,26)/t13-,14+,20+/m1/s1. The molecule has 3 atom stereocenters. The van der Waals surface area contributed by atoms with Crippen LogP contribution >= 0.6 is 15.9 Å². The van der Waals surface area contributed by atoms with Crippen LogP contribution in [0.4, 0.5) is 10.5 Å². The van der Waals surface area contributed by atoms with Crippen LogP contribution in [0, 0.1) is 5.92 Å². The molecule has 0 aromatic heterocycles. The van der Waals surface area contributed by atoms with Crippen molar-refractivity contribution in [3.05, 3.63) is 64.1 Å². The van der Waals surface area contributed by atoms with Gasteiger partial charge in [-0.2, -0.15) is 0 Å². The van der Waals surface area contributed by atoms with E-state index in [1.807, 2.05) is 62.4 Å². The lowest BCUT2D eigenvalue weighted by atomic mass is 9.83. The highest BCUT2D eigenvalue weighted by atomic mass is 79.9. The van der Waals surface area contributed by atoms with E-state index >= 15 is 0 Å². The largest absolute Gasteiger partial charge is 0.445 e. The van der Waals surface area contributed by atoms with Crippen molar-refractivity contribution in [1.82, 2.24) is 5.32 Å². The maximum atomic E-state index is 12.4. The van der Waals surface area contributed by atoms with E-state index in [0.717, 1.165) is 21.3 Å². The number of amides is 2. The second-order valence-electron chi connectivity index (χ2n) is 6.88. The summed E-state index contributed by atoms with van der Waals surface area (Å²) in [6.45, 7) is 5.82. The highest BCUT2D eigenvalue weighted by Crippen LogP contribution is 2.41. The molecule has 0 fully saturated rings. The number of halogens is 1. The molecule has 1 heterocycles. The molecule has 2 aromatic carbocycles. The molecular formula is C21H23BrN2O3. The van der Waals surface area contributed by atoms with E-state index in [0.29, 0.717) is 0 Å². The third-order valence-electron chi connectivity index (χ3n) is 5.10. The zero-order valence-electron chi connectivity index (χ0n) is 15.6. The Bertz CT molecular complexity index is 841. The number of nitrogens with zero attached hydrogens (tertiary/aromatic N) is 1. The van der Waals surface area contributed by atoms with Crippen LogP contribution in [0.1, 0.15) is 37.9 Å². The highest BCUT2D eigenvalue weighted by molar-refractivity contribution is 9.10. The van der Waals surface area contributed by atoms with Crippen molar-refractivity contribution in [2.75, 3.05) is 4.90 Å². The normalized spacial score (nSPS) is 21.3. The average Bonchev–Trinajstić information content (AvgIpc) is 2.65. The number of carbonyl (C=O) groups is 2. The first-order valence-electron chi connectivity index (χ1n) is 8.95. The lowest BCUT2D eigenvalue weighted by Crippen LogP contribution is -2.50. The summed E-state index contributed by atoms with van der Waals surface area (Å²) in [4.78, 5) is 26.4. The van der Waals surface area contributed by atoms with Crippen molar-refractivity contribution in [3.63, 3.8) is 0 Å². The molecule has 0 unspecified atom stereocenters. The Labute approximate surface area is 167 Å². The molecule has 27 heavy (non-hydrogen) atoms. The van der Waals surface area contributed by atoms with Gasteiger partial charge in [0.15, 0.2) is 0 Å². The number of anilines is 1. The van der Waals surface area contributed by atoms with Crippen LogP contribution in [-0.4, -0.2) is 18.0 Å². The molecule has 0 aliphatic carbocycles. The summed E-state index contributed by atoms with van der Waals surface area (Å²) in [7, 11) is 0. The van der Waals surface area contributed by atoms with Gasteiger partial charge in [0.25, 0.3) is 0 Å². The quantitative estimate of drug-likeness (QED) is 0.759. The zero-order chi connectivity index (χ0) is 19.6. The van der Waals surface area contributed by atoms with E-state index < -0.39 is 6.09 Å². The van der Waals surface area contributed by atoms with Crippen LogP contribution in [0.3, 0.4) is 0 Å². The minimum absolute atomic E-state index is 0.0111. The number of hydrogen-bond donors (Lipinski definition) is 1. The molecule has 0 radical (unpaired) electrons. The molecule has 0 saturated carbocycles. The Kier molecular flexibility index (Phi) is 5.85. The van der Waals surface area contributed by atoms with Crippen molar-refractivity contribution < 1.29 is 14.3 Å². The van der Waals surface area contributed by atoms with Crippen molar-refractivity contribution >= 4 is 33.6 Å². The number of nitrogens with one attached hydrogen (secondary N) is 1. The smallest absolute Gasteiger partial charge is 0.407 e. The molecule has 142 valence electrons. The fourth-order valence-electron chi connectivity index (χ4n) is 3.57. The van der Waals surface area contributed by atoms with Gasteiger partial charge < -0.3 is 15.0 Å². The first-order chi connectivity index (χ1) is 12.9. The molecule has 0 saturated heterocycles. The van der Waals surface area contributed by atoms with E-state index in [4.69, 9.17) is 4.74 Å². The lowest BCUT2D eigenvalue weighted by Gasteiger charge is -2.43. The van der Waals surface area contributed by atoms with Gasteiger partial charge in [0.2, 0.25) is 5.91 Å². The summed E-state index contributed by atoms with van der Waals surface area (Å²) < 4.78 is 6.29. The molecule has 1 aliphatic rings. The molecular weight excluding hydrogens is 408 g/mol. The second-order valence-corrected chi connectivity index (χ2v) is 7.79. The Morgan fingerprint density at radius 2 is 1.85 bits per heavy atom. The van der Waals surface area contributed by atoms with Crippen LogP contribution in [-0.2, 0) is 16.1 Å². The zero-order valence-corrected chi connectivity index (χ0v) is 17.2. The minimum Gasteiger partial charge on any atom is -0.445 e. The summed E-state index contributed by atoms with van der Waals surface area (Å²) in [5.41, 5.74) is 2.66. The first-order valence-corrected chi connectivity index (χ1v) is 9.74. The minimum atomic E-state index is -0.467. The number of benzene rings is 2. The number of fused-ring (bicyclic) bond motifs is 1. The monoisotopic (exact) mass is 430 g/mol. The summed E-state index contributed by atoms with van der Waals surface area (Å²) >= 11 is 3.49. The summed E-state index contributed by atoms with van der Waals surface area (Å²) in [6, 6.07) is 15.0. The van der Waals surface area contributed by atoms with Gasteiger partial charge >= 0.3 is 6.09 Å². The third-order valence-corrected chi connectivity index (χ3v) is 5.60. The molecule has 1 N–H and O–H groups in total. The van der Waals surface area contributed by atoms with Gasteiger partial charge in [0, 0.05) is 29.0 Å². The first kappa shape index (κ1) is 19.4.